The highest BCUT2D eigenvalue weighted by Crippen LogP contribution is 2.26. The normalized spacial score (nSPS) is 10.6. The molecule has 0 saturated carbocycles. The van der Waals surface area contributed by atoms with E-state index in [1.165, 1.54) is 43.5 Å². The summed E-state index contributed by atoms with van der Waals surface area (Å²) in [5, 5.41) is 20.2. The first-order valence-electron chi connectivity index (χ1n) is 6.35. The number of nitro groups is 1. The molecule has 0 unspecified atom stereocenters. The van der Waals surface area contributed by atoms with E-state index in [9.17, 15) is 20.0 Å². The number of hydrogen-bond acceptors (Lipinski definition) is 5. The van der Waals surface area contributed by atoms with E-state index in [2.05, 4.69) is 0 Å². The number of hydrogen-bond donors (Lipinski definition) is 1. The quantitative estimate of drug-likeness (QED) is 0.396. The van der Waals surface area contributed by atoms with Gasteiger partial charge in [0, 0.05) is 17.7 Å². The molecule has 22 heavy (non-hydrogen) atoms. The Balaban J connectivity index is 2.14. The molecular weight excluding hydrogens is 286 g/mol. The number of aromatic hydroxyl groups is 1. The van der Waals surface area contributed by atoms with Gasteiger partial charge < -0.3 is 9.84 Å². The number of ketones is 1. The highest BCUT2D eigenvalue weighted by atomic mass is 16.6. The van der Waals surface area contributed by atoms with Crippen molar-refractivity contribution in [2.75, 3.05) is 7.11 Å². The standard InChI is InChI=1S/C16H13NO5/c1-22-16-9-3-11(10-15(16)19)2-8-14(18)12-4-6-13(7-5-12)17(20)21/h2-10,19H,1H3. The van der Waals surface area contributed by atoms with Crippen LogP contribution in [0.4, 0.5) is 5.69 Å². The van der Waals surface area contributed by atoms with E-state index in [-0.39, 0.29) is 17.2 Å². The van der Waals surface area contributed by atoms with Gasteiger partial charge in [-0.3, -0.25) is 14.9 Å². The summed E-state index contributed by atoms with van der Waals surface area (Å²) in [6.07, 6.45) is 2.88. The van der Waals surface area contributed by atoms with Crippen LogP contribution in [-0.2, 0) is 0 Å². The van der Waals surface area contributed by atoms with Crippen molar-refractivity contribution in [1.82, 2.24) is 0 Å². The Morgan fingerprint density at radius 3 is 2.45 bits per heavy atom. The van der Waals surface area contributed by atoms with Crippen molar-refractivity contribution < 1.29 is 19.6 Å². The van der Waals surface area contributed by atoms with Crippen molar-refractivity contribution in [1.29, 1.82) is 0 Å². The van der Waals surface area contributed by atoms with E-state index < -0.39 is 4.92 Å². The van der Waals surface area contributed by atoms with Gasteiger partial charge in [0.15, 0.2) is 17.3 Å². The Labute approximate surface area is 126 Å². The molecule has 6 nitrogen and oxygen atoms in total. The highest BCUT2D eigenvalue weighted by molar-refractivity contribution is 6.06. The molecular formula is C16H13NO5. The number of rotatable bonds is 5. The van der Waals surface area contributed by atoms with E-state index >= 15 is 0 Å². The predicted octanol–water partition coefficient (Wildman–Crippen LogP) is 3.21. The Bertz CT molecular complexity index is 735. The molecule has 2 aromatic rings. The average Bonchev–Trinajstić information content (AvgIpc) is 2.52. The van der Waals surface area contributed by atoms with Crippen LogP contribution in [-0.4, -0.2) is 22.9 Å². The maximum Gasteiger partial charge on any atom is 0.269 e. The summed E-state index contributed by atoms with van der Waals surface area (Å²) in [5.74, 6) is 0.0384. The summed E-state index contributed by atoms with van der Waals surface area (Å²) in [6.45, 7) is 0. The van der Waals surface area contributed by atoms with Crippen LogP contribution in [0.1, 0.15) is 15.9 Å². The Hall–Kier alpha value is -3.15. The van der Waals surface area contributed by atoms with E-state index in [1.807, 2.05) is 0 Å². The maximum atomic E-state index is 12.0. The molecule has 0 bridgehead atoms. The molecule has 0 amide bonds. The van der Waals surface area contributed by atoms with Crippen molar-refractivity contribution in [3.8, 4) is 11.5 Å². The molecule has 0 radical (unpaired) electrons. The van der Waals surface area contributed by atoms with Gasteiger partial charge in [-0.1, -0.05) is 12.1 Å². The number of carbonyl (C=O) groups excluding carboxylic acids is 1. The number of nitro benzene ring substituents is 1. The minimum absolute atomic E-state index is 0.0209. The van der Waals surface area contributed by atoms with Crippen LogP contribution >= 0.6 is 0 Å². The van der Waals surface area contributed by atoms with E-state index in [0.29, 0.717) is 16.9 Å². The van der Waals surface area contributed by atoms with Crippen molar-refractivity contribution in [2.45, 2.75) is 0 Å². The molecule has 2 aromatic carbocycles. The number of phenols is 1. The highest BCUT2D eigenvalue weighted by Gasteiger charge is 2.07. The lowest BCUT2D eigenvalue weighted by atomic mass is 10.1. The van der Waals surface area contributed by atoms with Crippen LogP contribution in [0.5, 0.6) is 11.5 Å². The van der Waals surface area contributed by atoms with Crippen molar-refractivity contribution in [2.24, 2.45) is 0 Å². The number of phenolic OH excluding ortho intramolecular Hbond substituents is 1. The zero-order valence-corrected chi connectivity index (χ0v) is 11.7. The van der Waals surface area contributed by atoms with Crippen LogP contribution in [0.2, 0.25) is 0 Å². The lowest BCUT2D eigenvalue weighted by molar-refractivity contribution is -0.384. The summed E-state index contributed by atoms with van der Waals surface area (Å²) >= 11 is 0. The van der Waals surface area contributed by atoms with Crippen LogP contribution in [0.15, 0.2) is 48.5 Å². The third-order valence-corrected chi connectivity index (χ3v) is 2.99. The average molecular weight is 299 g/mol. The molecule has 0 aromatic heterocycles. The molecule has 6 heteroatoms. The number of carbonyl (C=O) groups is 1. The molecule has 1 N–H and O–H groups in total. The number of methoxy groups -OCH3 is 1. The number of nitrogens with zero attached hydrogens (tertiary/aromatic N) is 1. The summed E-state index contributed by atoms with van der Waals surface area (Å²) in [7, 11) is 1.45. The lowest BCUT2D eigenvalue weighted by Crippen LogP contribution is -1.95. The van der Waals surface area contributed by atoms with Gasteiger partial charge in [-0.2, -0.15) is 0 Å². The smallest absolute Gasteiger partial charge is 0.269 e. The second-order valence-electron chi connectivity index (χ2n) is 4.43. The van der Waals surface area contributed by atoms with Crippen molar-refractivity contribution >= 4 is 17.5 Å². The number of non-ortho nitro benzene ring substituents is 1. The molecule has 0 saturated heterocycles. The second kappa shape index (κ2) is 6.53. The first-order chi connectivity index (χ1) is 10.5. The minimum atomic E-state index is -0.524. The molecule has 0 aliphatic carbocycles. The van der Waals surface area contributed by atoms with Gasteiger partial charge >= 0.3 is 0 Å². The van der Waals surface area contributed by atoms with Gasteiger partial charge in [0.2, 0.25) is 0 Å². The molecule has 0 aliphatic heterocycles. The molecule has 0 heterocycles. The third-order valence-electron chi connectivity index (χ3n) is 2.99. The second-order valence-corrected chi connectivity index (χ2v) is 4.43. The first kappa shape index (κ1) is 15.2. The van der Waals surface area contributed by atoms with Crippen LogP contribution in [0.3, 0.4) is 0 Å². The zero-order valence-electron chi connectivity index (χ0n) is 11.7. The predicted molar refractivity (Wildman–Crippen MR) is 81.1 cm³/mol. The van der Waals surface area contributed by atoms with Gasteiger partial charge in [-0.05, 0) is 35.9 Å². The van der Waals surface area contributed by atoms with E-state index in [4.69, 9.17) is 4.74 Å². The fourth-order valence-electron chi connectivity index (χ4n) is 1.83. The first-order valence-corrected chi connectivity index (χ1v) is 6.35. The number of ether oxygens (including phenoxy) is 1. The molecule has 0 fully saturated rings. The van der Waals surface area contributed by atoms with Gasteiger partial charge in [-0.15, -0.1) is 0 Å². The van der Waals surface area contributed by atoms with Crippen molar-refractivity contribution in [3.63, 3.8) is 0 Å². The Kier molecular flexibility index (Phi) is 4.53. The van der Waals surface area contributed by atoms with Crippen LogP contribution < -0.4 is 4.74 Å². The Morgan fingerprint density at radius 1 is 1.23 bits per heavy atom. The number of benzene rings is 2. The Morgan fingerprint density at radius 2 is 1.91 bits per heavy atom. The largest absolute Gasteiger partial charge is 0.504 e. The van der Waals surface area contributed by atoms with Gasteiger partial charge in [0.05, 0.1) is 12.0 Å². The fourth-order valence-corrected chi connectivity index (χ4v) is 1.83. The molecule has 0 aliphatic rings. The monoisotopic (exact) mass is 299 g/mol. The topological polar surface area (TPSA) is 89.7 Å². The SMILES string of the molecule is COc1ccc(C=CC(=O)c2ccc([N+](=O)[O-])cc2)cc1O. The molecule has 0 spiro atoms. The summed E-state index contributed by atoms with van der Waals surface area (Å²) < 4.78 is 4.93. The van der Waals surface area contributed by atoms with Gasteiger partial charge in [-0.25, -0.2) is 0 Å². The molecule has 0 atom stereocenters. The minimum Gasteiger partial charge on any atom is -0.504 e. The van der Waals surface area contributed by atoms with Crippen molar-refractivity contribution in [3.05, 3.63) is 69.8 Å². The van der Waals surface area contributed by atoms with Crippen LogP contribution in [0, 0.1) is 10.1 Å². The summed E-state index contributed by atoms with van der Waals surface area (Å²) in [4.78, 5) is 22.0. The molecule has 2 rings (SSSR count). The van der Waals surface area contributed by atoms with Crippen LogP contribution in [0.25, 0.3) is 6.08 Å². The lowest BCUT2D eigenvalue weighted by Gasteiger charge is -2.03. The number of allylic oxidation sites excluding steroid dienone is 1. The summed E-state index contributed by atoms with van der Waals surface area (Å²) in [5.41, 5.74) is 0.911. The maximum absolute atomic E-state index is 12.0. The fraction of sp³-hybridized carbons (Fsp3) is 0.0625. The van der Waals surface area contributed by atoms with E-state index in [1.54, 1.807) is 18.2 Å². The molecule has 112 valence electrons. The van der Waals surface area contributed by atoms with Gasteiger partial charge in [0.25, 0.3) is 5.69 Å². The third kappa shape index (κ3) is 3.49. The zero-order chi connectivity index (χ0) is 16.1. The van der Waals surface area contributed by atoms with E-state index in [0.717, 1.165) is 0 Å². The summed E-state index contributed by atoms with van der Waals surface area (Å²) in [6, 6.07) is 10.1. The van der Waals surface area contributed by atoms with Gasteiger partial charge in [0.1, 0.15) is 0 Å².